The van der Waals surface area contributed by atoms with Crippen LogP contribution in [-0.2, 0) is 21.6 Å². The number of benzene rings is 4. The van der Waals surface area contributed by atoms with Gasteiger partial charge in [0, 0.05) is 13.0 Å². The lowest BCUT2D eigenvalue weighted by atomic mass is 9.80. The van der Waals surface area contributed by atoms with Crippen LogP contribution < -0.4 is 14.8 Å². The van der Waals surface area contributed by atoms with E-state index in [0.29, 0.717) is 23.5 Å². The molecule has 3 heterocycles. The monoisotopic (exact) mass is 687 g/mol. The lowest BCUT2D eigenvalue weighted by Crippen LogP contribution is -2.38. The first-order valence-corrected chi connectivity index (χ1v) is 16.5. The van der Waals surface area contributed by atoms with Crippen molar-refractivity contribution in [2.45, 2.75) is 37.0 Å². The first-order valence-electron chi connectivity index (χ1n) is 16.5. The average Bonchev–Trinajstić information content (AvgIpc) is 3.78. The summed E-state index contributed by atoms with van der Waals surface area (Å²) in [7, 11) is 3.26. The van der Waals surface area contributed by atoms with Crippen molar-refractivity contribution in [1.29, 1.82) is 0 Å². The van der Waals surface area contributed by atoms with E-state index in [9.17, 15) is 15.0 Å². The molecule has 1 aliphatic rings. The number of aliphatic hydroxyl groups excluding tert-OH is 1. The number of aromatic nitrogens is 4. The molecule has 6 aromatic rings. The van der Waals surface area contributed by atoms with Crippen LogP contribution >= 0.6 is 0 Å². The summed E-state index contributed by atoms with van der Waals surface area (Å²) in [4.78, 5) is 24.8. The summed E-state index contributed by atoms with van der Waals surface area (Å²) < 4.78 is 26.2. The minimum absolute atomic E-state index is 0.0639. The number of nitrogens with one attached hydrogen (secondary N) is 1. The van der Waals surface area contributed by atoms with E-state index >= 15 is 0 Å². The number of fused-ring (bicyclic) bond motifs is 1. The third kappa shape index (κ3) is 6.72. The molecular formula is C39H37N5O7. The molecule has 51 heavy (non-hydrogen) atoms. The Morgan fingerprint density at radius 2 is 1.55 bits per heavy atom. The Labute approximate surface area is 294 Å². The molecule has 12 heteroatoms. The largest absolute Gasteiger partial charge is 0.497 e. The van der Waals surface area contributed by atoms with E-state index in [0.717, 1.165) is 33.8 Å². The fraction of sp³-hybridized carbons (Fsp3) is 0.231. The minimum Gasteiger partial charge on any atom is -0.497 e. The maximum absolute atomic E-state index is 11.4. The third-order valence-electron chi connectivity index (χ3n) is 9.14. The predicted octanol–water partition coefficient (Wildman–Crippen LogP) is 5.81. The summed E-state index contributed by atoms with van der Waals surface area (Å²) in [5, 5.41) is 23.9. The fourth-order valence-electron chi connectivity index (χ4n) is 6.51. The van der Waals surface area contributed by atoms with Crippen molar-refractivity contribution >= 4 is 23.0 Å². The van der Waals surface area contributed by atoms with Crippen LogP contribution in [0.3, 0.4) is 0 Å². The molecule has 1 aliphatic heterocycles. The molecule has 3 atom stereocenters. The van der Waals surface area contributed by atoms with Crippen LogP contribution in [0.15, 0.2) is 116 Å². The number of nitrogens with zero attached hydrogens (tertiary/aromatic N) is 4. The summed E-state index contributed by atoms with van der Waals surface area (Å²) in [5.41, 5.74) is 3.61. The number of ether oxygens (including phenoxy) is 4. The summed E-state index contributed by atoms with van der Waals surface area (Å²) in [6, 6.07) is 32.2. The molecule has 3 N–H and O–H groups in total. The molecule has 1 fully saturated rings. The van der Waals surface area contributed by atoms with Gasteiger partial charge in [0.1, 0.15) is 35.8 Å². The zero-order valence-corrected chi connectivity index (χ0v) is 28.0. The van der Waals surface area contributed by atoms with Gasteiger partial charge >= 0.3 is 5.97 Å². The Balaban J connectivity index is 1.15. The number of aliphatic hydroxyl groups is 1. The second-order valence-electron chi connectivity index (χ2n) is 12.2. The van der Waals surface area contributed by atoms with Crippen LogP contribution in [-0.4, -0.2) is 68.7 Å². The topological polar surface area (TPSA) is 150 Å². The summed E-state index contributed by atoms with van der Waals surface area (Å²) in [5.74, 6) is 0.934. The number of hydrogen-bond acceptors (Lipinski definition) is 10. The van der Waals surface area contributed by atoms with Crippen molar-refractivity contribution < 1.29 is 34.0 Å². The standard InChI is InChI=1S/C39H37N5O7/c1-48-30-15-11-28(12-16-30)39(27-9-4-3-5-10-27,29-13-17-31(49-2)18-14-29)50-22-33-32(45)20-34(51-33)44-24-43-35-36(41-23-42-37(35)44)40-21-25-7-6-8-26(19-25)38(46)47/h3-19,23-24,32-34,45H,20-22H2,1-2H3,(H,46,47)(H,40,41,42)/t32-,33+,34+/m0/s1. The maximum atomic E-state index is 11.4. The Bertz CT molecular complexity index is 2060. The smallest absolute Gasteiger partial charge is 0.335 e. The van der Waals surface area contributed by atoms with Crippen LogP contribution in [0.4, 0.5) is 5.82 Å². The molecule has 0 spiro atoms. The summed E-state index contributed by atoms with van der Waals surface area (Å²) >= 11 is 0. The number of aromatic carboxylic acids is 1. The van der Waals surface area contributed by atoms with Crippen molar-refractivity contribution in [2.75, 3.05) is 26.1 Å². The lowest BCUT2D eigenvalue weighted by Gasteiger charge is -2.37. The zero-order valence-electron chi connectivity index (χ0n) is 28.0. The predicted molar refractivity (Wildman–Crippen MR) is 189 cm³/mol. The van der Waals surface area contributed by atoms with Gasteiger partial charge < -0.3 is 34.5 Å². The molecular weight excluding hydrogens is 650 g/mol. The van der Waals surface area contributed by atoms with Crippen molar-refractivity contribution in [1.82, 2.24) is 19.5 Å². The van der Waals surface area contributed by atoms with Gasteiger partial charge in [-0.05, 0) is 58.7 Å². The van der Waals surface area contributed by atoms with E-state index in [1.54, 1.807) is 43.3 Å². The SMILES string of the molecule is COc1ccc(C(OC[C@H]2O[C@@H](n3cnc4c(NCc5cccc(C(=O)O)c5)ncnc43)C[C@@H]2O)(c2ccccc2)c2ccc(OC)cc2)cc1. The molecule has 0 amide bonds. The number of anilines is 1. The molecule has 0 radical (unpaired) electrons. The quantitative estimate of drug-likeness (QED) is 0.126. The molecule has 1 saturated heterocycles. The van der Waals surface area contributed by atoms with Gasteiger partial charge in [-0.2, -0.15) is 0 Å². The second kappa shape index (κ2) is 14.6. The van der Waals surface area contributed by atoms with Gasteiger partial charge in [0.15, 0.2) is 17.0 Å². The highest BCUT2D eigenvalue weighted by molar-refractivity contribution is 5.87. The van der Waals surface area contributed by atoms with Crippen LogP contribution in [0.25, 0.3) is 11.2 Å². The van der Waals surface area contributed by atoms with Crippen LogP contribution in [0.5, 0.6) is 11.5 Å². The highest BCUT2D eigenvalue weighted by Crippen LogP contribution is 2.43. The van der Waals surface area contributed by atoms with Gasteiger partial charge in [-0.25, -0.2) is 19.7 Å². The van der Waals surface area contributed by atoms with Crippen LogP contribution in [0, 0.1) is 0 Å². The van der Waals surface area contributed by atoms with Crippen molar-refractivity contribution in [2.24, 2.45) is 0 Å². The van der Waals surface area contributed by atoms with Crippen molar-refractivity contribution in [3.05, 3.63) is 144 Å². The number of carboxylic acids is 1. The van der Waals surface area contributed by atoms with E-state index in [-0.39, 0.29) is 18.6 Å². The van der Waals surface area contributed by atoms with Crippen LogP contribution in [0.2, 0.25) is 0 Å². The van der Waals surface area contributed by atoms with Gasteiger partial charge in [0.25, 0.3) is 0 Å². The number of rotatable bonds is 13. The fourth-order valence-corrected chi connectivity index (χ4v) is 6.51. The number of methoxy groups -OCH3 is 2. The maximum Gasteiger partial charge on any atom is 0.335 e. The first-order chi connectivity index (χ1) is 24.9. The van der Waals surface area contributed by atoms with E-state index in [1.807, 2.05) is 84.9 Å². The summed E-state index contributed by atoms with van der Waals surface area (Å²) in [6.45, 7) is 0.401. The van der Waals surface area contributed by atoms with Gasteiger partial charge in [-0.1, -0.05) is 66.7 Å². The Kier molecular flexibility index (Phi) is 9.62. The van der Waals surface area contributed by atoms with E-state index in [4.69, 9.17) is 18.9 Å². The van der Waals surface area contributed by atoms with Crippen LogP contribution in [0.1, 0.15) is 45.3 Å². The number of hydrogen-bond donors (Lipinski definition) is 3. The Morgan fingerprint density at radius 3 is 2.20 bits per heavy atom. The number of carboxylic acid groups (broad SMARTS) is 1. The second-order valence-corrected chi connectivity index (χ2v) is 12.2. The average molecular weight is 688 g/mol. The highest BCUT2D eigenvalue weighted by Gasteiger charge is 2.42. The third-order valence-corrected chi connectivity index (χ3v) is 9.14. The molecule has 260 valence electrons. The van der Waals surface area contributed by atoms with E-state index < -0.39 is 30.0 Å². The van der Waals surface area contributed by atoms with Gasteiger partial charge in [-0.3, -0.25) is 4.57 Å². The Hall–Kier alpha value is -5.82. The number of imidazole rings is 1. The van der Waals surface area contributed by atoms with E-state index in [2.05, 4.69) is 20.3 Å². The van der Waals surface area contributed by atoms with E-state index in [1.165, 1.54) is 6.33 Å². The highest BCUT2D eigenvalue weighted by atomic mass is 16.6. The molecule has 0 saturated carbocycles. The molecule has 7 rings (SSSR count). The first kappa shape index (κ1) is 33.7. The van der Waals surface area contributed by atoms with Gasteiger partial charge in [0.2, 0.25) is 0 Å². The summed E-state index contributed by atoms with van der Waals surface area (Å²) in [6.07, 6.45) is 1.26. The Morgan fingerprint density at radius 1 is 0.882 bits per heavy atom. The minimum atomic E-state index is -1.07. The molecule has 0 unspecified atom stereocenters. The lowest BCUT2D eigenvalue weighted by molar-refractivity contribution is -0.0931. The molecule has 2 aromatic heterocycles. The van der Waals surface area contributed by atoms with Gasteiger partial charge in [0.05, 0.1) is 38.8 Å². The van der Waals surface area contributed by atoms with Gasteiger partial charge in [-0.15, -0.1) is 0 Å². The normalized spacial score (nSPS) is 17.4. The zero-order chi connectivity index (χ0) is 35.4. The molecule has 12 nitrogen and oxygen atoms in total. The molecule has 0 bridgehead atoms. The van der Waals surface area contributed by atoms with Crippen molar-refractivity contribution in [3.63, 3.8) is 0 Å². The van der Waals surface area contributed by atoms with Crippen molar-refractivity contribution in [3.8, 4) is 11.5 Å². The molecule has 0 aliphatic carbocycles. The number of carbonyl (C=O) groups is 1. The molecule has 4 aromatic carbocycles.